The molecule has 0 aliphatic heterocycles. The number of halogens is 1. The summed E-state index contributed by atoms with van der Waals surface area (Å²) in [6.45, 7) is 0. The van der Waals surface area contributed by atoms with Crippen LogP contribution in [0.25, 0.3) is 0 Å². The second kappa shape index (κ2) is 9.57. The van der Waals surface area contributed by atoms with Gasteiger partial charge in [-0.05, 0) is 23.8 Å². The minimum atomic E-state index is -0.397. The quantitative estimate of drug-likeness (QED) is 0.418. The molecule has 0 aliphatic rings. The van der Waals surface area contributed by atoms with Crippen LogP contribution in [0.4, 0.5) is 9.52 Å². The fourth-order valence-corrected chi connectivity index (χ4v) is 4.19. The monoisotopic (exact) mass is 435 g/mol. The number of thioether (sulfide) groups is 1. The van der Waals surface area contributed by atoms with E-state index in [4.69, 9.17) is 14.2 Å². The number of hydrogen-bond donors (Lipinski definition) is 1. The number of amides is 1. The van der Waals surface area contributed by atoms with Crippen LogP contribution in [0.5, 0.6) is 17.2 Å². The van der Waals surface area contributed by atoms with Crippen molar-refractivity contribution in [2.75, 3.05) is 26.6 Å². The first kappa shape index (κ1) is 20.9. The SMILES string of the molecule is COc1cc(C(=O)Nc2nnc(SCc3ccccc3F)s2)cc(OC)c1OC. The number of rotatable bonds is 8. The Labute approximate surface area is 175 Å². The Hall–Kier alpha value is -2.85. The van der Waals surface area contributed by atoms with Crippen LogP contribution in [0.15, 0.2) is 40.7 Å². The molecule has 0 atom stereocenters. The lowest BCUT2D eigenvalue weighted by molar-refractivity contribution is 0.102. The lowest BCUT2D eigenvalue weighted by Gasteiger charge is -2.13. The highest BCUT2D eigenvalue weighted by atomic mass is 32.2. The number of anilines is 1. The van der Waals surface area contributed by atoms with E-state index in [1.54, 1.807) is 30.3 Å². The van der Waals surface area contributed by atoms with Gasteiger partial charge in [0.25, 0.3) is 5.91 Å². The third-order valence-corrected chi connectivity index (χ3v) is 5.88. The van der Waals surface area contributed by atoms with Crippen LogP contribution in [0, 0.1) is 5.82 Å². The molecule has 3 aromatic rings. The Morgan fingerprint density at radius 3 is 2.41 bits per heavy atom. The molecule has 0 aliphatic carbocycles. The van der Waals surface area contributed by atoms with E-state index < -0.39 is 5.91 Å². The average Bonchev–Trinajstić information content (AvgIpc) is 3.19. The molecule has 152 valence electrons. The van der Waals surface area contributed by atoms with Crippen molar-refractivity contribution < 1.29 is 23.4 Å². The zero-order chi connectivity index (χ0) is 20.8. The summed E-state index contributed by atoms with van der Waals surface area (Å²) < 4.78 is 30.1. The Morgan fingerprint density at radius 2 is 1.79 bits per heavy atom. The Bertz CT molecular complexity index is 988. The molecule has 0 saturated carbocycles. The first-order chi connectivity index (χ1) is 14.0. The zero-order valence-corrected chi connectivity index (χ0v) is 17.5. The van der Waals surface area contributed by atoms with E-state index in [0.29, 0.717) is 43.6 Å². The van der Waals surface area contributed by atoms with E-state index in [2.05, 4.69) is 15.5 Å². The normalized spacial score (nSPS) is 10.5. The molecule has 1 aromatic heterocycles. The minimum absolute atomic E-state index is 0.263. The van der Waals surface area contributed by atoms with Crippen molar-refractivity contribution in [2.24, 2.45) is 0 Å². The number of benzene rings is 2. The highest BCUT2D eigenvalue weighted by Crippen LogP contribution is 2.38. The standard InChI is InChI=1S/C19H18FN3O4S2/c1-25-14-8-12(9-15(26-2)16(14)27-3)17(24)21-18-22-23-19(29-18)28-10-11-6-4-5-7-13(11)20/h4-9H,10H2,1-3H3,(H,21,22,24). The molecular formula is C19H18FN3O4S2. The van der Waals surface area contributed by atoms with Crippen molar-refractivity contribution in [1.82, 2.24) is 10.2 Å². The van der Waals surface area contributed by atoms with Crippen molar-refractivity contribution in [2.45, 2.75) is 10.1 Å². The van der Waals surface area contributed by atoms with Crippen molar-refractivity contribution >= 4 is 34.1 Å². The van der Waals surface area contributed by atoms with Crippen molar-refractivity contribution in [3.8, 4) is 17.2 Å². The highest BCUT2D eigenvalue weighted by Gasteiger charge is 2.18. The van der Waals surface area contributed by atoms with Crippen molar-refractivity contribution in [3.05, 3.63) is 53.3 Å². The fraction of sp³-hybridized carbons (Fsp3) is 0.211. The lowest BCUT2D eigenvalue weighted by atomic mass is 10.1. The number of ether oxygens (including phenoxy) is 3. The molecule has 29 heavy (non-hydrogen) atoms. The van der Waals surface area contributed by atoms with Crippen LogP contribution in [-0.2, 0) is 5.75 Å². The first-order valence-electron chi connectivity index (χ1n) is 8.36. The lowest BCUT2D eigenvalue weighted by Crippen LogP contribution is -2.12. The summed E-state index contributed by atoms with van der Waals surface area (Å²) in [6.07, 6.45) is 0. The predicted octanol–water partition coefficient (Wildman–Crippen LogP) is 4.25. The molecule has 2 aromatic carbocycles. The molecule has 0 saturated heterocycles. The first-order valence-corrected chi connectivity index (χ1v) is 10.2. The summed E-state index contributed by atoms with van der Waals surface area (Å²) in [5, 5.41) is 11.0. The maximum atomic E-state index is 13.7. The summed E-state index contributed by atoms with van der Waals surface area (Å²) in [7, 11) is 4.44. The highest BCUT2D eigenvalue weighted by molar-refractivity contribution is 8.00. The van der Waals surface area contributed by atoms with Gasteiger partial charge in [0.2, 0.25) is 10.9 Å². The van der Waals surface area contributed by atoms with Crippen LogP contribution >= 0.6 is 23.1 Å². The molecule has 1 N–H and O–H groups in total. The van der Waals surface area contributed by atoms with Crippen LogP contribution in [0.2, 0.25) is 0 Å². The average molecular weight is 436 g/mol. The number of carbonyl (C=O) groups is 1. The predicted molar refractivity (Wildman–Crippen MR) is 110 cm³/mol. The maximum Gasteiger partial charge on any atom is 0.257 e. The topological polar surface area (TPSA) is 82.6 Å². The second-order valence-electron chi connectivity index (χ2n) is 5.62. The third-order valence-electron chi connectivity index (χ3n) is 3.86. The van der Waals surface area contributed by atoms with Gasteiger partial charge in [0.05, 0.1) is 21.3 Å². The molecule has 10 heteroatoms. The van der Waals surface area contributed by atoms with Gasteiger partial charge in [0.1, 0.15) is 5.82 Å². The van der Waals surface area contributed by atoms with E-state index in [1.165, 1.54) is 50.5 Å². The molecule has 3 rings (SSSR count). The summed E-state index contributed by atoms with van der Waals surface area (Å²) in [6, 6.07) is 9.65. The van der Waals surface area contributed by atoms with Crippen LogP contribution in [0.3, 0.4) is 0 Å². The molecular weight excluding hydrogens is 417 g/mol. The Morgan fingerprint density at radius 1 is 1.10 bits per heavy atom. The number of nitrogens with zero attached hydrogens (tertiary/aromatic N) is 2. The number of nitrogens with one attached hydrogen (secondary N) is 1. The molecule has 0 unspecified atom stereocenters. The molecule has 0 spiro atoms. The third kappa shape index (κ3) is 4.96. The summed E-state index contributed by atoms with van der Waals surface area (Å²) in [4.78, 5) is 12.6. The van der Waals surface area contributed by atoms with Gasteiger partial charge >= 0.3 is 0 Å². The van der Waals surface area contributed by atoms with E-state index >= 15 is 0 Å². The smallest absolute Gasteiger partial charge is 0.257 e. The van der Waals surface area contributed by atoms with Gasteiger partial charge in [0, 0.05) is 11.3 Å². The fourth-order valence-electron chi connectivity index (χ4n) is 2.46. The van der Waals surface area contributed by atoms with Gasteiger partial charge < -0.3 is 14.2 Å². The zero-order valence-electron chi connectivity index (χ0n) is 15.9. The van der Waals surface area contributed by atoms with Gasteiger partial charge in [-0.15, -0.1) is 10.2 Å². The summed E-state index contributed by atoms with van der Waals surface area (Å²) in [5.41, 5.74) is 0.894. The minimum Gasteiger partial charge on any atom is -0.493 e. The van der Waals surface area contributed by atoms with Crippen LogP contribution in [0.1, 0.15) is 15.9 Å². The van der Waals surface area contributed by atoms with Crippen molar-refractivity contribution in [3.63, 3.8) is 0 Å². The van der Waals surface area contributed by atoms with Crippen LogP contribution in [-0.4, -0.2) is 37.4 Å². The van der Waals surface area contributed by atoms with E-state index in [0.717, 1.165) is 0 Å². The molecule has 7 nitrogen and oxygen atoms in total. The summed E-state index contributed by atoms with van der Waals surface area (Å²) in [5.74, 6) is 0.897. The van der Waals surface area contributed by atoms with Gasteiger partial charge in [-0.2, -0.15) is 0 Å². The van der Waals surface area contributed by atoms with Crippen LogP contribution < -0.4 is 19.5 Å². The molecule has 0 radical (unpaired) electrons. The summed E-state index contributed by atoms with van der Waals surface area (Å²) >= 11 is 2.55. The van der Waals surface area contributed by atoms with Crippen molar-refractivity contribution in [1.29, 1.82) is 0 Å². The van der Waals surface area contributed by atoms with Gasteiger partial charge in [-0.3, -0.25) is 10.1 Å². The number of methoxy groups -OCH3 is 3. The second-order valence-corrected chi connectivity index (χ2v) is 7.82. The Balaban J connectivity index is 1.69. The molecule has 0 fully saturated rings. The van der Waals surface area contributed by atoms with Gasteiger partial charge in [0.15, 0.2) is 15.8 Å². The molecule has 1 amide bonds. The van der Waals surface area contributed by atoms with E-state index in [1.807, 2.05) is 0 Å². The van der Waals surface area contributed by atoms with E-state index in [-0.39, 0.29) is 5.82 Å². The number of aromatic nitrogens is 2. The molecule has 1 heterocycles. The van der Waals surface area contributed by atoms with E-state index in [9.17, 15) is 9.18 Å². The van der Waals surface area contributed by atoms with Gasteiger partial charge in [-0.25, -0.2) is 4.39 Å². The number of hydrogen-bond acceptors (Lipinski definition) is 8. The van der Waals surface area contributed by atoms with Gasteiger partial charge in [-0.1, -0.05) is 41.3 Å². The Kier molecular flexibility index (Phi) is 6.89. The number of carbonyl (C=O) groups excluding carboxylic acids is 1. The maximum absolute atomic E-state index is 13.7. The largest absolute Gasteiger partial charge is 0.493 e. The molecule has 0 bridgehead atoms.